The van der Waals surface area contributed by atoms with Crippen LogP contribution in [0.25, 0.3) is 0 Å². The maximum Gasteiger partial charge on any atom is 0.404 e. The van der Waals surface area contributed by atoms with Crippen LogP contribution < -0.4 is 15.0 Å². The van der Waals surface area contributed by atoms with Crippen molar-refractivity contribution in [3.05, 3.63) is 54.2 Å². The molecule has 1 aromatic heterocycles. The van der Waals surface area contributed by atoms with Crippen LogP contribution in [0.3, 0.4) is 0 Å². The number of pyridine rings is 1. The molecule has 2 heterocycles. The molecule has 6 heteroatoms. The Kier molecular flexibility index (Phi) is 5.15. The minimum absolute atomic E-state index is 0.0345. The molecule has 1 aromatic carbocycles. The van der Waals surface area contributed by atoms with E-state index in [2.05, 4.69) is 15.2 Å². The molecule has 1 aliphatic rings. The van der Waals surface area contributed by atoms with Crippen molar-refractivity contribution in [1.29, 1.82) is 0 Å². The molecule has 1 aliphatic heterocycles. The Morgan fingerprint density at radius 3 is 2.58 bits per heavy atom. The maximum atomic E-state index is 10.7. The summed E-state index contributed by atoms with van der Waals surface area (Å²) >= 11 is 0. The zero-order chi connectivity index (χ0) is 16.8. The number of hydrogen-bond donors (Lipinski definition) is 2. The van der Waals surface area contributed by atoms with Crippen molar-refractivity contribution in [2.75, 3.05) is 18.0 Å². The lowest BCUT2D eigenvalue weighted by atomic mass is 10.1. The Hall–Kier alpha value is -2.76. The summed E-state index contributed by atoms with van der Waals surface area (Å²) in [6.07, 6.45) is 2.37. The van der Waals surface area contributed by atoms with Crippen molar-refractivity contribution in [3.8, 4) is 5.75 Å². The van der Waals surface area contributed by atoms with Crippen molar-refractivity contribution in [1.82, 2.24) is 10.3 Å². The second kappa shape index (κ2) is 7.68. The molecule has 0 spiro atoms. The molecule has 1 amide bonds. The third-order valence-corrected chi connectivity index (χ3v) is 4.12. The Balaban J connectivity index is 1.51. The molecule has 0 aliphatic carbocycles. The summed E-state index contributed by atoms with van der Waals surface area (Å²) in [5.74, 6) is 1.64. The molecule has 1 saturated heterocycles. The number of rotatable bonds is 5. The third-order valence-electron chi connectivity index (χ3n) is 4.12. The highest BCUT2D eigenvalue weighted by molar-refractivity contribution is 5.64. The third kappa shape index (κ3) is 4.38. The van der Waals surface area contributed by atoms with Gasteiger partial charge in [-0.15, -0.1) is 0 Å². The molecule has 2 aromatic rings. The first kappa shape index (κ1) is 16.1. The van der Waals surface area contributed by atoms with Gasteiger partial charge in [-0.1, -0.05) is 30.3 Å². The van der Waals surface area contributed by atoms with Gasteiger partial charge in [-0.25, -0.2) is 9.78 Å². The zero-order valence-electron chi connectivity index (χ0n) is 13.4. The number of nitrogens with zero attached hydrogens (tertiary/aromatic N) is 2. The summed E-state index contributed by atoms with van der Waals surface area (Å²) in [5.41, 5.74) is 1.12. The lowest BCUT2D eigenvalue weighted by molar-refractivity contribution is 0.187. The fourth-order valence-corrected chi connectivity index (χ4v) is 2.81. The highest BCUT2D eigenvalue weighted by Gasteiger charge is 2.21. The predicted octanol–water partition coefficient (Wildman–Crippen LogP) is 2.90. The SMILES string of the molecule is O=C(O)NC1CCN(c2ccc(OCc3ccccc3)cn2)CC1. The van der Waals surface area contributed by atoms with Crippen LogP contribution in [0.15, 0.2) is 48.7 Å². The van der Waals surface area contributed by atoms with E-state index < -0.39 is 6.09 Å². The summed E-state index contributed by atoms with van der Waals surface area (Å²) in [6, 6.07) is 13.9. The number of hydrogen-bond acceptors (Lipinski definition) is 4. The van der Waals surface area contributed by atoms with Crippen LogP contribution in [-0.2, 0) is 6.61 Å². The molecule has 24 heavy (non-hydrogen) atoms. The van der Waals surface area contributed by atoms with Crippen molar-refractivity contribution in [2.24, 2.45) is 0 Å². The number of carbonyl (C=O) groups is 1. The summed E-state index contributed by atoms with van der Waals surface area (Å²) in [4.78, 5) is 17.3. The number of amides is 1. The molecule has 0 bridgehead atoms. The largest absolute Gasteiger partial charge is 0.487 e. The van der Waals surface area contributed by atoms with Gasteiger partial charge in [0.05, 0.1) is 6.20 Å². The molecule has 0 atom stereocenters. The normalized spacial score (nSPS) is 15.1. The van der Waals surface area contributed by atoms with E-state index in [1.165, 1.54) is 0 Å². The lowest BCUT2D eigenvalue weighted by Crippen LogP contribution is -2.44. The summed E-state index contributed by atoms with van der Waals surface area (Å²) in [7, 11) is 0. The van der Waals surface area contributed by atoms with Gasteiger partial charge in [-0.3, -0.25) is 0 Å². The number of benzene rings is 1. The van der Waals surface area contributed by atoms with E-state index in [1.807, 2.05) is 42.5 Å². The topological polar surface area (TPSA) is 74.7 Å². The van der Waals surface area contributed by atoms with Gasteiger partial charge < -0.3 is 20.1 Å². The van der Waals surface area contributed by atoms with Crippen molar-refractivity contribution in [3.63, 3.8) is 0 Å². The minimum Gasteiger partial charge on any atom is -0.487 e. The van der Waals surface area contributed by atoms with E-state index in [1.54, 1.807) is 6.20 Å². The molecule has 0 radical (unpaired) electrons. The number of aromatic nitrogens is 1. The van der Waals surface area contributed by atoms with Gasteiger partial charge in [0, 0.05) is 19.1 Å². The monoisotopic (exact) mass is 327 g/mol. The maximum absolute atomic E-state index is 10.7. The highest BCUT2D eigenvalue weighted by atomic mass is 16.5. The Morgan fingerprint density at radius 2 is 1.96 bits per heavy atom. The molecule has 1 fully saturated rings. The van der Waals surface area contributed by atoms with Gasteiger partial charge in [0.1, 0.15) is 18.2 Å². The quantitative estimate of drug-likeness (QED) is 0.883. The van der Waals surface area contributed by atoms with Crippen LogP contribution in [0.4, 0.5) is 10.6 Å². The smallest absolute Gasteiger partial charge is 0.404 e. The van der Waals surface area contributed by atoms with Crippen LogP contribution in [0.5, 0.6) is 5.75 Å². The minimum atomic E-state index is -0.952. The van der Waals surface area contributed by atoms with Crippen molar-refractivity contribution in [2.45, 2.75) is 25.5 Å². The fourth-order valence-electron chi connectivity index (χ4n) is 2.81. The molecule has 0 saturated carbocycles. The van der Waals surface area contributed by atoms with Gasteiger partial charge in [-0.2, -0.15) is 0 Å². The summed E-state index contributed by atoms with van der Waals surface area (Å²) in [6.45, 7) is 2.11. The first-order chi connectivity index (χ1) is 11.7. The molecule has 2 N–H and O–H groups in total. The lowest BCUT2D eigenvalue weighted by Gasteiger charge is -2.32. The second-order valence-corrected chi connectivity index (χ2v) is 5.84. The van der Waals surface area contributed by atoms with E-state index in [-0.39, 0.29) is 6.04 Å². The number of nitrogens with one attached hydrogen (secondary N) is 1. The standard InChI is InChI=1S/C18H21N3O3/c22-18(23)20-15-8-10-21(11-9-15)17-7-6-16(12-19-17)24-13-14-4-2-1-3-5-14/h1-7,12,15,20H,8-11,13H2,(H,22,23). The summed E-state index contributed by atoms with van der Waals surface area (Å²) in [5, 5.41) is 11.3. The average molecular weight is 327 g/mol. The Morgan fingerprint density at radius 1 is 1.21 bits per heavy atom. The van der Waals surface area contributed by atoms with Gasteiger partial charge in [0.25, 0.3) is 0 Å². The molecule has 126 valence electrons. The first-order valence-corrected chi connectivity index (χ1v) is 8.08. The first-order valence-electron chi connectivity index (χ1n) is 8.08. The van der Waals surface area contributed by atoms with E-state index >= 15 is 0 Å². The zero-order valence-corrected chi connectivity index (χ0v) is 13.4. The van der Waals surface area contributed by atoms with E-state index in [0.717, 1.165) is 43.1 Å². The van der Waals surface area contributed by atoms with Crippen LogP contribution in [0.1, 0.15) is 18.4 Å². The van der Waals surface area contributed by atoms with E-state index in [9.17, 15) is 4.79 Å². The number of ether oxygens (including phenoxy) is 1. The molecular weight excluding hydrogens is 306 g/mol. The van der Waals surface area contributed by atoms with Gasteiger partial charge in [-0.05, 0) is 30.5 Å². The fraction of sp³-hybridized carbons (Fsp3) is 0.333. The average Bonchev–Trinajstić information content (AvgIpc) is 2.62. The van der Waals surface area contributed by atoms with Crippen LogP contribution in [0.2, 0.25) is 0 Å². The number of anilines is 1. The van der Waals surface area contributed by atoms with E-state index in [4.69, 9.17) is 9.84 Å². The molecular formula is C18H21N3O3. The van der Waals surface area contributed by atoms with Gasteiger partial charge >= 0.3 is 6.09 Å². The van der Waals surface area contributed by atoms with Crippen LogP contribution in [-0.4, -0.2) is 35.3 Å². The Labute approximate surface area is 141 Å². The highest BCUT2D eigenvalue weighted by Crippen LogP contribution is 2.20. The second-order valence-electron chi connectivity index (χ2n) is 5.84. The summed E-state index contributed by atoms with van der Waals surface area (Å²) < 4.78 is 5.74. The number of piperidine rings is 1. The van der Waals surface area contributed by atoms with Crippen LogP contribution in [0, 0.1) is 0 Å². The molecule has 0 unspecified atom stereocenters. The van der Waals surface area contributed by atoms with Crippen molar-refractivity contribution >= 4 is 11.9 Å². The van der Waals surface area contributed by atoms with Gasteiger partial charge in [0.15, 0.2) is 0 Å². The Bertz CT molecular complexity index is 653. The molecule has 3 rings (SSSR count). The van der Waals surface area contributed by atoms with E-state index in [0.29, 0.717) is 6.61 Å². The van der Waals surface area contributed by atoms with Crippen molar-refractivity contribution < 1.29 is 14.6 Å². The van der Waals surface area contributed by atoms with Crippen LogP contribution >= 0.6 is 0 Å². The number of carboxylic acid groups (broad SMARTS) is 1. The predicted molar refractivity (Wildman–Crippen MR) is 91.4 cm³/mol. The van der Waals surface area contributed by atoms with Gasteiger partial charge in [0.2, 0.25) is 0 Å². The molecule has 6 nitrogen and oxygen atoms in total.